The lowest BCUT2D eigenvalue weighted by molar-refractivity contribution is 0.720. The highest BCUT2D eigenvalue weighted by Crippen LogP contribution is 2.09. The molecule has 2 rings (SSSR count). The van der Waals surface area contributed by atoms with E-state index in [1.807, 2.05) is 29.9 Å². The van der Waals surface area contributed by atoms with Gasteiger partial charge in [0, 0.05) is 25.1 Å². The number of anilines is 1. The maximum absolute atomic E-state index is 5.52. The minimum absolute atomic E-state index is 0.300. The smallest absolute Gasteiger partial charge is 0.122 e. The van der Waals surface area contributed by atoms with Gasteiger partial charge in [0.2, 0.25) is 0 Å². The summed E-state index contributed by atoms with van der Waals surface area (Å²) in [4.78, 5) is 4.38. The first-order valence-electron chi connectivity index (χ1n) is 5.13. The average Bonchev–Trinajstić information content (AvgIpc) is 2.72. The van der Waals surface area contributed by atoms with Crippen molar-refractivity contribution in [1.29, 1.82) is 0 Å². The molecule has 2 heterocycles. The molecule has 88 valence electrons. The summed E-state index contributed by atoms with van der Waals surface area (Å²) in [5.74, 6) is 0. The molecule has 0 saturated heterocycles. The SMILES string of the molecule is Cn1nccc1CNc1ccnc(C(N)=S)c1. The van der Waals surface area contributed by atoms with Crippen LogP contribution in [0.1, 0.15) is 11.4 Å². The highest BCUT2D eigenvalue weighted by Gasteiger charge is 2.01. The lowest BCUT2D eigenvalue weighted by Gasteiger charge is -2.07. The van der Waals surface area contributed by atoms with E-state index in [0.29, 0.717) is 17.2 Å². The van der Waals surface area contributed by atoms with Gasteiger partial charge in [-0.25, -0.2) is 0 Å². The number of nitrogens with two attached hydrogens (primary N) is 1. The van der Waals surface area contributed by atoms with Crippen LogP contribution in [0.25, 0.3) is 0 Å². The number of hydrogen-bond acceptors (Lipinski definition) is 4. The summed E-state index contributed by atoms with van der Waals surface area (Å²) in [6.45, 7) is 0.692. The summed E-state index contributed by atoms with van der Waals surface area (Å²) in [6.07, 6.45) is 3.45. The van der Waals surface area contributed by atoms with E-state index < -0.39 is 0 Å². The molecule has 0 unspecified atom stereocenters. The van der Waals surface area contributed by atoms with Gasteiger partial charge in [-0.05, 0) is 18.2 Å². The second-order valence-corrected chi connectivity index (χ2v) is 4.03. The minimum atomic E-state index is 0.300. The van der Waals surface area contributed by atoms with Crippen LogP contribution in [-0.2, 0) is 13.6 Å². The molecule has 0 amide bonds. The summed E-state index contributed by atoms with van der Waals surface area (Å²) in [7, 11) is 1.91. The Hall–Kier alpha value is -1.95. The van der Waals surface area contributed by atoms with Crippen LogP contribution in [-0.4, -0.2) is 19.8 Å². The molecule has 2 aromatic rings. The van der Waals surface area contributed by atoms with Crippen molar-refractivity contribution >= 4 is 22.9 Å². The van der Waals surface area contributed by atoms with Crippen molar-refractivity contribution in [1.82, 2.24) is 14.8 Å². The van der Waals surface area contributed by atoms with Gasteiger partial charge in [-0.3, -0.25) is 9.67 Å². The molecule has 0 radical (unpaired) electrons. The fourth-order valence-electron chi connectivity index (χ4n) is 1.44. The molecule has 0 spiro atoms. The Morgan fingerprint density at radius 2 is 2.29 bits per heavy atom. The Bertz CT molecular complexity index is 534. The maximum Gasteiger partial charge on any atom is 0.122 e. The van der Waals surface area contributed by atoms with E-state index in [4.69, 9.17) is 18.0 Å². The maximum atomic E-state index is 5.52. The molecule has 0 aromatic carbocycles. The van der Waals surface area contributed by atoms with E-state index in [9.17, 15) is 0 Å². The van der Waals surface area contributed by atoms with Crippen molar-refractivity contribution in [3.63, 3.8) is 0 Å². The molecule has 0 fully saturated rings. The van der Waals surface area contributed by atoms with Crippen molar-refractivity contribution in [2.45, 2.75) is 6.54 Å². The standard InChI is InChI=1S/C11H13N5S/c1-16-9(3-5-15-16)7-14-8-2-4-13-10(6-8)11(12)17/h2-6H,7H2,1H3,(H2,12,17)(H,13,14). The van der Waals surface area contributed by atoms with Gasteiger partial charge in [0.05, 0.1) is 17.9 Å². The summed E-state index contributed by atoms with van der Waals surface area (Å²) >= 11 is 4.88. The molecule has 0 bridgehead atoms. The molecule has 17 heavy (non-hydrogen) atoms. The molecule has 0 aliphatic rings. The first-order valence-corrected chi connectivity index (χ1v) is 5.54. The number of thiocarbonyl (C=S) groups is 1. The van der Waals surface area contributed by atoms with Crippen LogP contribution in [0, 0.1) is 0 Å². The van der Waals surface area contributed by atoms with E-state index >= 15 is 0 Å². The van der Waals surface area contributed by atoms with Gasteiger partial charge in [-0.15, -0.1) is 0 Å². The van der Waals surface area contributed by atoms with Crippen molar-refractivity contribution in [2.75, 3.05) is 5.32 Å². The molecule has 3 N–H and O–H groups in total. The van der Waals surface area contributed by atoms with E-state index in [1.54, 1.807) is 12.4 Å². The normalized spacial score (nSPS) is 10.2. The number of rotatable bonds is 4. The van der Waals surface area contributed by atoms with Gasteiger partial charge < -0.3 is 11.1 Å². The Labute approximate surface area is 105 Å². The first-order chi connectivity index (χ1) is 8.16. The van der Waals surface area contributed by atoms with E-state index in [1.165, 1.54) is 0 Å². The first kappa shape index (κ1) is 11.5. The largest absolute Gasteiger partial charge is 0.388 e. The van der Waals surface area contributed by atoms with Gasteiger partial charge in [-0.1, -0.05) is 12.2 Å². The average molecular weight is 247 g/mol. The van der Waals surface area contributed by atoms with E-state index in [2.05, 4.69) is 15.4 Å². The lowest BCUT2D eigenvalue weighted by atomic mass is 10.3. The van der Waals surface area contributed by atoms with Crippen molar-refractivity contribution in [2.24, 2.45) is 12.8 Å². The van der Waals surface area contributed by atoms with Gasteiger partial charge in [0.25, 0.3) is 0 Å². The highest BCUT2D eigenvalue weighted by molar-refractivity contribution is 7.80. The monoisotopic (exact) mass is 247 g/mol. The summed E-state index contributed by atoms with van der Waals surface area (Å²) < 4.78 is 1.82. The summed E-state index contributed by atoms with van der Waals surface area (Å²) in [5, 5.41) is 7.37. The van der Waals surface area contributed by atoms with E-state index in [-0.39, 0.29) is 0 Å². The Morgan fingerprint density at radius 3 is 2.94 bits per heavy atom. The number of aromatic nitrogens is 3. The van der Waals surface area contributed by atoms with Crippen molar-refractivity contribution in [3.8, 4) is 0 Å². The van der Waals surface area contributed by atoms with Crippen LogP contribution in [0.2, 0.25) is 0 Å². The van der Waals surface area contributed by atoms with Crippen molar-refractivity contribution in [3.05, 3.63) is 42.0 Å². The van der Waals surface area contributed by atoms with Gasteiger partial charge in [0.1, 0.15) is 4.99 Å². The molecular weight excluding hydrogens is 234 g/mol. The molecule has 5 nitrogen and oxygen atoms in total. The van der Waals surface area contributed by atoms with Crippen LogP contribution < -0.4 is 11.1 Å². The third-order valence-corrected chi connectivity index (χ3v) is 2.62. The van der Waals surface area contributed by atoms with Crippen molar-refractivity contribution < 1.29 is 0 Å². The van der Waals surface area contributed by atoms with Crippen LogP contribution in [0.4, 0.5) is 5.69 Å². The quantitative estimate of drug-likeness (QED) is 0.791. The predicted molar refractivity (Wildman–Crippen MR) is 70.7 cm³/mol. The Morgan fingerprint density at radius 1 is 1.47 bits per heavy atom. The molecule has 0 atom stereocenters. The lowest BCUT2D eigenvalue weighted by Crippen LogP contribution is -2.12. The van der Waals surface area contributed by atoms with Gasteiger partial charge >= 0.3 is 0 Å². The van der Waals surface area contributed by atoms with E-state index in [0.717, 1.165) is 11.4 Å². The van der Waals surface area contributed by atoms with Gasteiger partial charge in [-0.2, -0.15) is 5.10 Å². The molecular formula is C11H13N5S. The third kappa shape index (κ3) is 2.79. The van der Waals surface area contributed by atoms with Crippen LogP contribution >= 0.6 is 12.2 Å². The topological polar surface area (TPSA) is 68.8 Å². The summed E-state index contributed by atoms with van der Waals surface area (Å²) in [6, 6.07) is 5.67. The zero-order valence-corrected chi connectivity index (χ0v) is 10.2. The molecule has 0 aliphatic carbocycles. The van der Waals surface area contributed by atoms with Crippen LogP contribution in [0.15, 0.2) is 30.6 Å². The number of pyridine rings is 1. The number of nitrogens with zero attached hydrogens (tertiary/aromatic N) is 3. The fourth-order valence-corrected chi connectivity index (χ4v) is 1.55. The molecule has 0 aliphatic heterocycles. The van der Waals surface area contributed by atoms with Crippen LogP contribution in [0.3, 0.4) is 0 Å². The Balaban J connectivity index is 2.07. The molecule has 2 aromatic heterocycles. The second-order valence-electron chi connectivity index (χ2n) is 3.59. The Kier molecular flexibility index (Phi) is 3.34. The predicted octanol–water partition coefficient (Wildman–Crippen LogP) is 1.06. The van der Waals surface area contributed by atoms with Gasteiger partial charge in [0.15, 0.2) is 0 Å². The minimum Gasteiger partial charge on any atom is -0.388 e. The zero-order chi connectivity index (χ0) is 12.3. The highest BCUT2D eigenvalue weighted by atomic mass is 32.1. The molecule has 6 heteroatoms. The zero-order valence-electron chi connectivity index (χ0n) is 9.42. The molecule has 0 saturated carbocycles. The third-order valence-electron chi connectivity index (χ3n) is 2.41. The summed E-state index contributed by atoms with van der Waals surface area (Å²) in [5.41, 5.74) is 8.18. The second kappa shape index (κ2) is 4.92. The number of aryl methyl sites for hydroxylation is 1. The fraction of sp³-hybridized carbons (Fsp3) is 0.182. The number of nitrogens with one attached hydrogen (secondary N) is 1. The number of hydrogen-bond donors (Lipinski definition) is 2. The van der Waals surface area contributed by atoms with Crippen LogP contribution in [0.5, 0.6) is 0 Å².